The highest BCUT2D eigenvalue weighted by atomic mass is 15.2. The summed E-state index contributed by atoms with van der Waals surface area (Å²) in [7, 11) is 0. The average molecular weight is 723 g/mol. The first kappa shape index (κ1) is 36.8. The number of benzene rings is 5. The van der Waals surface area contributed by atoms with Crippen LogP contribution in [0.1, 0.15) is 105 Å². The molecule has 0 atom stereocenters. The lowest BCUT2D eigenvalue weighted by molar-refractivity contribution is 0.568. The summed E-state index contributed by atoms with van der Waals surface area (Å²) in [5.74, 6) is 0. The lowest BCUT2D eigenvalue weighted by atomic mass is 9.33. The maximum atomic E-state index is 4.83. The van der Waals surface area contributed by atoms with E-state index in [0.29, 0.717) is 0 Å². The van der Waals surface area contributed by atoms with Crippen molar-refractivity contribution in [3.8, 4) is 11.3 Å². The summed E-state index contributed by atoms with van der Waals surface area (Å²) in [6.07, 6.45) is 3.51. The second kappa shape index (κ2) is 12.7. The van der Waals surface area contributed by atoms with Crippen molar-refractivity contribution in [3.05, 3.63) is 138 Å². The van der Waals surface area contributed by atoms with Crippen LogP contribution in [-0.2, 0) is 21.7 Å². The molecule has 1 aromatic heterocycles. The first-order valence-electron chi connectivity index (χ1n) is 19.9. The fourth-order valence-electron chi connectivity index (χ4n) is 8.28. The van der Waals surface area contributed by atoms with E-state index >= 15 is 0 Å². The number of para-hydroxylation sites is 2. The molecule has 0 aliphatic carbocycles. The van der Waals surface area contributed by atoms with Gasteiger partial charge in [-0.2, -0.15) is 0 Å². The first-order chi connectivity index (χ1) is 25.8. The molecule has 5 heteroatoms. The van der Waals surface area contributed by atoms with Crippen molar-refractivity contribution in [2.45, 2.75) is 105 Å². The molecule has 4 nitrogen and oxygen atoms in total. The summed E-state index contributed by atoms with van der Waals surface area (Å²) in [6, 6.07) is 39.4. The van der Waals surface area contributed by atoms with E-state index in [2.05, 4.69) is 195 Å². The van der Waals surface area contributed by atoms with E-state index in [-0.39, 0.29) is 28.4 Å². The maximum absolute atomic E-state index is 4.83. The van der Waals surface area contributed by atoms with E-state index in [4.69, 9.17) is 4.98 Å². The lowest BCUT2D eigenvalue weighted by Crippen LogP contribution is -2.61. The van der Waals surface area contributed by atoms with Crippen LogP contribution in [0.25, 0.3) is 11.3 Å². The van der Waals surface area contributed by atoms with Gasteiger partial charge in [0.25, 0.3) is 6.71 Å². The molecule has 0 fully saturated rings. The topological polar surface area (TPSA) is 32.3 Å². The minimum Gasteiger partial charge on any atom is -0.311 e. The van der Waals surface area contributed by atoms with Crippen molar-refractivity contribution in [2.75, 3.05) is 9.80 Å². The largest absolute Gasteiger partial charge is 0.311 e. The van der Waals surface area contributed by atoms with E-state index < -0.39 is 0 Å². The standard InChI is InChI=1S/C50H55BN4/c1-47(2,3)33-25-34(48(4,5)6)28-37(27-33)54-42-19-15-13-17-39(42)51-40-18-14-16-20-43(40)55(38-29-35(49(7,8)9)26-36(30-38)50(10,11)12)45-24-32(23-44(54)46(45)51)41-21-22-52-31-53-41/h13-31H,1-12H3. The molecule has 0 saturated carbocycles. The molecule has 2 aliphatic heterocycles. The smallest absolute Gasteiger partial charge is 0.252 e. The molecule has 0 spiro atoms. The Labute approximate surface area is 329 Å². The number of rotatable bonds is 3. The van der Waals surface area contributed by atoms with E-state index in [9.17, 15) is 0 Å². The number of anilines is 6. The molecular weight excluding hydrogens is 667 g/mol. The zero-order valence-electron chi connectivity index (χ0n) is 34.8. The van der Waals surface area contributed by atoms with Crippen LogP contribution in [-0.4, -0.2) is 16.7 Å². The minimum atomic E-state index is -0.0331. The Hall–Kier alpha value is -5.16. The van der Waals surface area contributed by atoms with Gasteiger partial charge in [-0.25, -0.2) is 9.97 Å². The molecule has 0 amide bonds. The summed E-state index contributed by atoms with van der Waals surface area (Å²) in [5.41, 5.74) is 18.3. The molecule has 55 heavy (non-hydrogen) atoms. The predicted octanol–water partition coefficient (Wildman–Crippen LogP) is 11.4. The maximum Gasteiger partial charge on any atom is 0.252 e. The summed E-state index contributed by atoms with van der Waals surface area (Å²) in [4.78, 5) is 14.2. The Morgan fingerprint density at radius 1 is 0.455 bits per heavy atom. The summed E-state index contributed by atoms with van der Waals surface area (Å²) in [6.45, 7) is 27.9. The van der Waals surface area contributed by atoms with Gasteiger partial charge in [0.05, 0.1) is 5.69 Å². The second-order valence-electron chi connectivity index (χ2n) is 19.8. The molecule has 0 saturated heterocycles. The summed E-state index contributed by atoms with van der Waals surface area (Å²) in [5, 5.41) is 0. The highest BCUT2D eigenvalue weighted by Crippen LogP contribution is 2.48. The predicted molar refractivity (Wildman–Crippen MR) is 236 cm³/mol. The molecule has 0 unspecified atom stereocenters. The van der Waals surface area contributed by atoms with Gasteiger partial charge in [-0.15, -0.1) is 0 Å². The first-order valence-corrected chi connectivity index (χ1v) is 19.9. The van der Waals surface area contributed by atoms with Gasteiger partial charge in [0.15, 0.2) is 0 Å². The highest BCUT2D eigenvalue weighted by Gasteiger charge is 2.44. The van der Waals surface area contributed by atoms with Crippen LogP contribution in [0, 0.1) is 0 Å². The van der Waals surface area contributed by atoms with E-state index in [1.807, 2.05) is 12.3 Å². The minimum absolute atomic E-state index is 0.0331. The fraction of sp³-hybridized carbons (Fsp3) is 0.320. The summed E-state index contributed by atoms with van der Waals surface area (Å²) < 4.78 is 0. The number of fused-ring (bicyclic) bond motifs is 4. The third kappa shape index (κ3) is 6.46. The second-order valence-corrected chi connectivity index (χ2v) is 19.8. The Morgan fingerprint density at radius 2 is 0.855 bits per heavy atom. The van der Waals surface area contributed by atoms with Gasteiger partial charge >= 0.3 is 0 Å². The van der Waals surface area contributed by atoms with Crippen LogP contribution in [0.2, 0.25) is 0 Å². The van der Waals surface area contributed by atoms with Crippen LogP contribution in [0.5, 0.6) is 0 Å². The Balaban J connectivity index is 1.51. The van der Waals surface area contributed by atoms with Crippen molar-refractivity contribution in [1.29, 1.82) is 0 Å². The Kier molecular flexibility index (Phi) is 8.50. The van der Waals surface area contributed by atoms with Gasteiger partial charge in [0.2, 0.25) is 0 Å². The van der Waals surface area contributed by atoms with Crippen LogP contribution in [0.4, 0.5) is 34.1 Å². The molecule has 0 N–H and O–H groups in total. The molecule has 6 aromatic rings. The molecule has 3 heterocycles. The van der Waals surface area contributed by atoms with Gasteiger partial charge < -0.3 is 9.80 Å². The van der Waals surface area contributed by atoms with Crippen molar-refractivity contribution in [3.63, 3.8) is 0 Å². The SMILES string of the molecule is CC(C)(C)c1cc(N2c3ccccc3B3c4ccccc4N(c4cc(C(C)(C)C)cc(C(C)(C)C)c4)c4cc(-c5ccncn5)cc2c43)cc(C(C)(C)C)c1. The van der Waals surface area contributed by atoms with Gasteiger partial charge in [-0.3, -0.25) is 0 Å². The monoisotopic (exact) mass is 722 g/mol. The van der Waals surface area contributed by atoms with Gasteiger partial charge in [-0.05, 0) is 115 Å². The molecule has 8 rings (SSSR count). The third-order valence-electron chi connectivity index (χ3n) is 11.6. The number of aromatic nitrogens is 2. The fourth-order valence-corrected chi connectivity index (χ4v) is 8.28. The molecule has 2 aliphatic rings. The normalized spacial score (nSPS) is 14.1. The molecule has 278 valence electrons. The van der Waals surface area contributed by atoms with E-state index in [0.717, 1.165) is 11.3 Å². The van der Waals surface area contributed by atoms with Crippen LogP contribution in [0.15, 0.2) is 116 Å². The number of hydrogen-bond acceptors (Lipinski definition) is 4. The van der Waals surface area contributed by atoms with Crippen LogP contribution in [0.3, 0.4) is 0 Å². The number of hydrogen-bond donors (Lipinski definition) is 0. The number of nitrogens with zero attached hydrogens (tertiary/aromatic N) is 4. The molecular formula is C50H55BN4. The van der Waals surface area contributed by atoms with Gasteiger partial charge in [0, 0.05) is 45.9 Å². The summed E-state index contributed by atoms with van der Waals surface area (Å²) >= 11 is 0. The van der Waals surface area contributed by atoms with Crippen molar-refractivity contribution in [2.24, 2.45) is 0 Å². The molecule has 5 aromatic carbocycles. The van der Waals surface area contributed by atoms with E-state index in [1.165, 1.54) is 72.8 Å². The average Bonchev–Trinajstić information content (AvgIpc) is 3.13. The van der Waals surface area contributed by atoms with Crippen molar-refractivity contribution in [1.82, 2.24) is 9.97 Å². The Morgan fingerprint density at radius 3 is 1.22 bits per heavy atom. The zero-order valence-corrected chi connectivity index (χ0v) is 34.8. The van der Waals surface area contributed by atoms with Gasteiger partial charge in [-0.1, -0.05) is 132 Å². The van der Waals surface area contributed by atoms with Crippen LogP contribution >= 0.6 is 0 Å². The van der Waals surface area contributed by atoms with Crippen molar-refractivity contribution >= 4 is 57.2 Å². The molecule has 0 radical (unpaired) electrons. The zero-order chi connectivity index (χ0) is 39.2. The highest BCUT2D eigenvalue weighted by molar-refractivity contribution is 7.00. The quantitative estimate of drug-likeness (QED) is 0.170. The van der Waals surface area contributed by atoms with Gasteiger partial charge in [0.1, 0.15) is 6.33 Å². The molecule has 0 bridgehead atoms. The van der Waals surface area contributed by atoms with E-state index in [1.54, 1.807) is 6.33 Å². The van der Waals surface area contributed by atoms with Crippen molar-refractivity contribution < 1.29 is 0 Å². The third-order valence-corrected chi connectivity index (χ3v) is 11.6. The Bertz CT molecular complexity index is 2220. The lowest BCUT2D eigenvalue weighted by Gasteiger charge is -2.45. The van der Waals surface area contributed by atoms with Crippen LogP contribution < -0.4 is 26.2 Å².